The minimum atomic E-state index is -6.33. The predicted octanol–water partition coefficient (Wildman–Crippen LogP) is 5.84. The molecule has 0 amide bonds. The first-order valence-electron chi connectivity index (χ1n) is 8.08. The van der Waals surface area contributed by atoms with Crippen LogP contribution in [0.3, 0.4) is 0 Å². The van der Waals surface area contributed by atoms with E-state index in [4.69, 9.17) is 13.0 Å². The molecule has 0 aromatic rings. The van der Waals surface area contributed by atoms with Crippen molar-refractivity contribution in [3.8, 4) is 0 Å². The van der Waals surface area contributed by atoms with Crippen LogP contribution in [0.4, 0.5) is 0 Å². The maximum absolute atomic E-state index is 6.63. The molecule has 0 fully saturated rings. The summed E-state index contributed by atoms with van der Waals surface area (Å²) >= 11 is -6.33. The van der Waals surface area contributed by atoms with Gasteiger partial charge in [0.1, 0.15) is 0 Å². The molecular formula is C16H40O4Ta. The number of hydrogen-bond acceptors (Lipinski definition) is 4. The summed E-state index contributed by atoms with van der Waals surface area (Å²) in [5.74, 6) is 0. The SMILES string of the molecule is CC(C)[O][Ta]([CH3])([CH3])([CH3])([CH3])([O]C(C)C)([O]C(C)C)[O]C(C)C. The van der Waals surface area contributed by atoms with Gasteiger partial charge in [-0.25, -0.2) is 0 Å². The Morgan fingerprint density at radius 3 is 0.667 bits per heavy atom. The Morgan fingerprint density at radius 2 is 0.571 bits per heavy atom. The molecule has 21 heavy (non-hydrogen) atoms. The van der Waals surface area contributed by atoms with Crippen molar-refractivity contribution in [1.82, 2.24) is 0 Å². The van der Waals surface area contributed by atoms with E-state index in [0.29, 0.717) is 0 Å². The Bertz CT molecular complexity index is 366. The molecule has 133 valence electrons. The monoisotopic (exact) mass is 477 g/mol. The third-order valence-corrected chi connectivity index (χ3v) is 24.9. The van der Waals surface area contributed by atoms with Crippen LogP contribution in [-0.4, -0.2) is 24.4 Å². The molecule has 0 atom stereocenters. The van der Waals surface area contributed by atoms with Gasteiger partial charge in [-0.3, -0.25) is 0 Å². The fraction of sp³-hybridized carbons (Fsp3) is 1.00. The zero-order valence-electron chi connectivity index (χ0n) is 16.4. The molecule has 0 unspecified atom stereocenters. The van der Waals surface area contributed by atoms with E-state index in [-0.39, 0.29) is 24.4 Å². The fourth-order valence-electron chi connectivity index (χ4n) is 4.55. The first kappa shape index (κ1) is 21.6. The van der Waals surface area contributed by atoms with Crippen LogP contribution in [0.2, 0.25) is 20.6 Å². The van der Waals surface area contributed by atoms with E-state index in [0.717, 1.165) is 0 Å². The molecule has 5 heteroatoms. The zero-order chi connectivity index (χ0) is 17.5. The van der Waals surface area contributed by atoms with Crippen LogP contribution in [0, 0.1) is 0 Å². The van der Waals surface area contributed by atoms with Gasteiger partial charge >= 0.3 is 127 Å². The van der Waals surface area contributed by atoms with Gasteiger partial charge in [0.2, 0.25) is 0 Å². The van der Waals surface area contributed by atoms with Gasteiger partial charge in [0, 0.05) is 0 Å². The standard InChI is InChI=1S/4C3H7O.4CH3.Ta/c4*1-3(2)4;;;;;/h4*3H,1-2H3;4*1H3;/q4*-1;;;;;+4. The van der Waals surface area contributed by atoms with Crippen LogP contribution in [0.25, 0.3) is 0 Å². The summed E-state index contributed by atoms with van der Waals surface area (Å²) < 4.78 is 26.5. The summed E-state index contributed by atoms with van der Waals surface area (Å²) in [4.78, 5) is 0. The molecule has 4 nitrogen and oxygen atoms in total. The van der Waals surface area contributed by atoms with E-state index < -0.39 is 13.5 Å². The molecule has 0 radical (unpaired) electrons. The Hall–Kier alpha value is 0.580. The van der Waals surface area contributed by atoms with Crippen LogP contribution in [0.15, 0.2) is 0 Å². The Morgan fingerprint density at radius 1 is 0.429 bits per heavy atom. The summed E-state index contributed by atoms with van der Waals surface area (Å²) in [6, 6.07) is 0. The van der Waals surface area contributed by atoms with E-state index >= 15 is 0 Å². The predicted molar refractivity (Wildman–Crippen MR) is 88.3 cm³/mol. The van der Waals surface area contributed by atoms with E-state index in [9.17, 15) is 0 Å². The number of hydrogen-bond donors (Lipinski definition) is 0. The summed E-state index contributed by atoms with van der Waals surface area (Å²) in [6.07, 6.45) is -0.397. The van der Waals surface area contributed by atoms with Crippen molar-refractivity contribution in [2.75, 3.05) is 0 Å². The van der Waals surface area contributed by atoms with Gasteiger partial charge in [-0.1, -0.05) is 0 Å². The first-order chi connectivity index (χ1) is 8.67. The molecule has 0 aliphatic carbocycles. The van der Waals surface area contributed by atoms with Gasteiger partial charge in [-0.15, -0.1) is 0 Å². The van der Waals surface area contributed by atoms with Gasteiger partial charge in [0.25, 0.3) is 0 Å². The summed E-state index contributed by atoms with van der Waals surface area (Å²) in [5, 5.41) is 7.81. The average molecular weight is 477 g/mol. The zero-order valence-corrected chi connectivity index (χ0v) is 19.6. The van der Waals surface area contributed by atoms with Crippen molar-refractivity contribution in [2.45, 2.75) is 100 Å². The minimum absolute atomic E-state index is 0.0992. The van der Waals surface area contributed by atoms with Crippen LogP contribution in [0.5, 0.6) is 0 Å². The number of rotatable bonds is 8. The molecule has 0 bridgehead atoms. The third-order valence-electron chi connectivity index (χ3n) is 3.05. The van der Waals surface area contributed by atoms with E-state index in [1.807, 2.05) is 76.0 Å². The molecule has 0 spiro atoms. The van der Waals surface area contributed by atoms with E-state index in [1.54, 1.807) is 0 Å². The molecule has 0 rings (SSSR count). The molecule has 0 aromatic carbocycles. The van der Waals surface area contributed by atoms with E-state index in [2.05, 4.69) is 0 Å². The molecular weight excluding hydrogens is 437 g/mol. The fourth-order valence-corrected chi connectivity index (χ4v) is 37.3. The second kappa shape index (κ2) is 3.97. The molecule has 0 saturated carbocycles. The van der Waals surface area contributed by atoms with Crippen molar-refractivity contribution in [3.05, 3.63) is 0 Å². The quantitative estimate of drug-likeness (QED) is 0.441. The molecule has 0 aliphatic rings. The molecule has 0 aromatic heterocycles. The van der Waals surface area contributed by atoms with Gasteiger partial charge in [0.05, 0.1) is 0 Å². The Labute approximate surface area is 127 Å². The van der Waals surface area contributed by atoms with Gasteiger partial charge in [-0.2, -0.15) is 0 Å². The van der Waals surface area contributed by atoms with Crippen molar-refractivity contribution in [2.24, 2.45) is 0 Å². The Kier molecular flexibility index (Phi) is 4.08. The van der Waals surface area contributed by atoms with Crippen molar-refractivity contribution in [3.63, 3.8) is 0 Å². The molecule has 0 heterocycles. The van der Waals surface area contributed by atoms with Crippen molar-refractivity contribution in [1.29, 1.82) is 0 Å². The summed E-state index contributed by atoms with van der Waals surface area (Å²) in [5.41, 5.74) is 0. The van der Waals surface area contributed by atoms with E-state index in [1.165, 1.54) is 0 Å². The topological polar surface area (TPSA) is 36.9 Å². The average Bonchev–Trinajstić information content (AvgIpc) is 1.87. The first-order valence-corrected chi connectivity index (χ1v) is 26.2. The van der Waals surface area contributed by atoms with Gasteiger partial charge in [0.15, 0.2) is 0 Å². The van der Waals surface area contributed by atoms with Crippen LogP contribution < -0.4 is 0 Å². The molecule has 0 aliphatic heterocycles. The van der Waals surface area contributed by atoms with Crippen LogP contribution in [-0.2, 0) is 26.4 Å². The third kappa shape index (κ3) is 5.31. The second-order valence-electron chi connectivity index (χ2n) is 10.7. The Balaban J connectivity index is 6.80. The van der Waals surface area contributed by atoms with Crippen molar-refractivity contribution >= 4 is 0 Å². The second-order valence-corrected chi connectivity index (χ2v) is 57.2. The summed E-state index contributed by atoms with van der Waals surface area (Å²) in [7, 11) is 0. The maximum atomic E-state index is 6.63. The molecule has 0 N–H and O–H groups in total. The van der Waals surface area contributed by atoms with Gasteiger partial charge < -0.3 is 0 Å². The van der Waals surface area contributed by atoms with Gasteiger partial charge in [-0.05, 0) is 0 Å². The van der Waals surface area contributed by atoms with Crippen LogP contribution in [0.1, 0.15) is 55.4 Å². The normalized spacial score (nSPS) is 21.3. The van der Waals surface area contributed by atoms with Crippen LogP contribution >= 0.6 is 0 Å². The summed E-state index contributed by atoms with van der Waals surface area (Å²) in [6.45, 7) is 15.9. The van der Waals surface area contributed by atoms with Crippen molar-refractivity contribution < 1.29 is 26.4 Å². The molecule has 0 saturated heterocycles.